The first-order valence-corrected chi connectivity index (χ1v) is 9.90. The highest BCUT2D eigenvalue weighted by molar-refractivity contribution is 8.00. The maximum absolute atomic E-state index is 12.0. The first-order chi connectivity index (χ1) is 10.2. The van der Waals surface area contributed by atoms with E-state index in [-0.39, 0.29) is 11.3 Å². The van der Waals surface area contributed by atoms with Gasteiger partial charge in [0.25, 0.3) is 0 Å². The molecule has 1 fully saturated rings. The number of amides is 1. The lowest BCUT2D eigenvalue weighted by Crippen LogP contribution is -2.30. The fraction of sp³-hybridized carbons (Fsp3) is 0.357. The van der Waals surface area contributed by atoms with Crippen molar-refractivity contribution in [2.75, 3.05) is 18.1 Å². The topological polar surface area (TPSA) is 33.5 Å². The second-order valence-corrected chi connectivity index (χ2v) is 8.44. The van der Waals surface area contributed by atoms with E-state index in [1.54, 1.807) is 41.1 Å². The van der Waals surface area contributed by atoms with E-state index in [0.717, 1.165) is 33.0 Å². The van der Waals surface area contributed by atoms with E-state index in [0.29, 0.717) is 5.75 Å². The zero-order valence-corrected chi connectivity index (χ0v) is 14.4. The van der Waals surface area contributed by atoms with Gasteiger partial charge in [0.05, 0.1) is 22.1 Å². The van der Waals surface area contributed by atoms with Gasteiger partial charge in [-0.05, 0) is 24.3 Å². The van der Waals surface area contributed by atoms with Crippen LogP contribution in [-0.4, -0.2) is 28.9 Å². The second kappa shape index (κ2) is 7.13. The zero-order valence-electron chi connectivity index (χ0n) is 11.2. The third-order valence-corrected chi connectivity index (χ3v) is 6.74. The van der Waals surface area contributed by atoms with Crippen molar-refractivity contribution in [2.24, 2.45) is 0 Å². The monoisotopic (exact) mass is 359 g/mol. The third kappa shape index (κ3) is 3.80. The summed E-state index contributed by atoms with van der Waals surface area (Å²) in [7, 11) is 0. The van der Waals surface area contributed by atoms with Crippen LogP contribution < -0.4 is 0 Å². The van der Waals surface area contributed by atoms with Crippen molar-refractivity contribution >= 4 is 52.4 Å². The summed E-state index contributed by atoms with van der Waals surface area (Å²) in [6, 6.07) is 7.79. The number of carbonyl (C=O) groups excluding carboxylic acids is 1. The predicted molar refractivity (Wildman–Crippen MR) is 91.1 cm³/mol. The summed E-state index contributed by atoms with van der Waals surface area (Å²) in [6.07, 6.45) is 1.69. The van der Waals surface area contributed by atoms with Gasteiger partial charge in [0.15, 0.2) is 0 Å². The molecule has 7 heteroatoms. The average Bonchev–Trinajstić information content (AvgIpc) is 3.17. The van der Waals surface area contributed by atoms with E-state index in [1.807, 2.05) is 29.2 Å². The highest BCUT2D eigenvalue weighted by Crippen LogP contribution is 2.42. The number of thiophene rings is 1. The van der Waals surface area contributed by atoms with E-state index in [9.17, 15) is 4.79 Å². The van der Waals surface area contributed by atoms with Crippen LogP contribution in [0.4, 0.5) is 0 Å². The molecular weight excluding hydrogens is 346 g/mol. The molecule has 0 bridgehead atoms. The Kier molecular flexibility index (Phi) is 5.21. The number of furan rings is 1. The van der Waals surface area contributed by atoms with Crippen LogP contribution in [0, 0.1) is 0 Å². The molecule has 1 amide bonds. The van der Waals surface area contributed by atoms with Crippen molar-refractivity contribution in [3.63, 3.8) is 0 Å². The lowest BCUT2D eigenvalue weighted by atomic mass is 10.4. The van der Waals surface area contributed by atoms with E-state index in [4.69, 9.17) is 16.0 Å². The highest BCUT2D eigenvalue weighted by Gasteiger charge is 2.33. The van der Waals surface area contributed by atoms with E-state index in [2.05, 4.69) is 0 Å². The van der Waals surface area contributed by atoms with Crippen molar-refractivity contribution in [3.8, 4) is 0 Å². The Balaban J connectivity index is 1.53. The molecule has 3 nitrogen and oxygen atoms in total. The minimum atomic E-state index is 0.124. The van der Waals surface area contributed by atoms with Gasteiger partial charge >= 0.3 is 0 Å². The van der Waals surface area contributed by atoms with Gasteiger partial charge < -0.3 is 9.32 Å². The Hall–Kier alpha value is -0.560. The molecule has 112 valence electrons. The SMILES string of the molecule is O=C1CSC(c2ccc(Cl)s2)N1CCSCc1ccco1. The Morgan fingerprint density at radius 3 is 3.05 bits per heavy atom. The lowest BCUT2D eigenvalue weighted by Gasteiger charge is -2.22. The van der Waals surface area contributed by atoms with Crippen LogP contribution in [0.3, 0.4) is 0 Å². The van der Waals surface area contributed by atoms with Crippen LogP contribution in [0.25, 0.3) is 0 Å². The number of carbonyl (C=O) groups is 1. The normalized spacial score (nSPS) is 18.6. The summed E-state index contributed by atoms with van der Waals surface area (Å²) in [4.78, 5) is 15.2. The molecule has 1 aliphatic heterocycles. The predicted octanol–water partition coefficient (Wildman–Crippen LogP) is 4.50. The Labute approximate surface area is 141 Å². The standard InChI is InChI=1S/C14H14ClNO2S3/c15-12-4-3-11(21-12)14-16(13(17)9-20-14)5-7-19-8-10-2-1-6-18-10/h1-4,6,14H,5,7-9H2. The first-order valence-electron chi connectivity index (χ1n) is 6.50. The number of thioether (sulfide) groups is 2. The van der Waals surface area contributed by atoms with Crippen molar-refractivity contribution in [1.29, 1.82) is 0 Å². The van der Waals surface area contributed by atoms with Crippen LogP contribution in [0.5, 0.6) is 0 Å². The quantitative estimate of drug-likeness (QED) is 0.711. The largest absolute Gasteiger partial charge is 0.468 e. The summed E-state index contributed by atoms with van der Waals surface area (Å²) < 4.78 is 6.08. The number of halogens is 1. The van der Waals surface area contributed by atoms with Crippen LogP contribution >= 0.6 is 46.5 Å². The van der Waals surface area contributed by atoms with Crippen LogP contribution in [0.1, 0.15) is 16.0 Å². The van der Waals surface area contributed by atoms with Gasteiger partial charge in [-0.15, -0.1) is 23.1 Å². The molecule has 21 heavy (non-hydrogen) atoms. The van der Waals surface area contributed by atoms with Crippen molar-refractivity contribution < 1.29 is 9.21 Å². The summed E-state index contributed by atoms with van der Waals surface area (Å²) in [5.74, 6) is 3.50. The molecule has 3 rings (SSSR count). The number of nitrogens with zero attached hydrogens (tertiary/aromatic N) is 1. The second-order valence-electron chi connectivity index (χ2n) is 4.52. The number of hydrogen-bond donors (Lipinski definition) is 0. The average molecular weight is 360 g/mol. The van der Waals surface area contributed by atoms with E-state index >= 15 is 0 Å². The van der Waals surface area contributed by atoms with Crippen molar-refractivity contribution in [3.05, 3.63) is 45.5 Å². The maximum Gasteiger partial charge on any atom is 0.233 e. The fourth-order valence-electron chi connectivity index (χ4n) is 2.12. The summed E-state index contributed by atoms with van der Waals surface area (Å²) in [5, 5.41) is 0.124. The van der Waals surface area contributed by atoms with Gasteiger partial charge in [0.2, 0.25) is 5.91 Å². The molecule has 0 aromatic carbocycles. The fourth-order valence-corrected chi connectivity index (χ4v) is 5.47. The molecule has 1 aliphatic rings. The minimum Gasteiger partial charge on any atom is -0.468 e. The Bertz CT molecular complexity index is 599. The van der Waals surface area contributed by atoms with E-state index < -0.39 is 0 Å². The molecule has 0 aliphatic carbocycles. The Morgan fingerprint density at radius 1 is 1.43 bits per heavy atom. The molecule has 0 saturated carbocycles. The minimum absolute atomic E-state index is 0.124. The summed E-state index contributed by atoms with van der Waals surface area (Å²) >= 11 is 11.0. The molecule has 1 atom stereocenters. The molecule has 1 saturated heterocycles. The molecule has 1 unspecified atom stereocenters. The highest BCUT2D eigenvalue weighted by atomic mass is 35.5. The van der Waals surface area contributed by atoms with E-state index in [1.165, 1.54) is 0 Å². The maximum atomic E-state index is 12.0. The summed E-state index contributed by atoms with van der Waals surface area (Å²) in [6.45, 7) is 0.761. The summed E-state index contributed by atoms with van der Waals surface area (Å²) in [5.41, 5.74) is 0. The van der Waals surface area contributed by atoms with Crippen LogP contribution in [-0.2, 0) is 10.5 Å². The molecule has 2 aromatic heterocycles. The third-order valence-electron chi connectivity index (χ3n) is 3.11. The van der Waals surface area contributed by atoms with Crippen molar-refractivity contribution in [1.82, 2.24) is 4.90 Å². The van der Waals surface area contributed by atoms with Gasteiger partial charge in [-0.1, -0.05) is 11.6 Å². The van der Waals surface area contributed by atoms with Gasteiger partial charge in [-0.3, -0.25) is 4.79 Å². The smallest absolute Gasteiger partial charge is 0.233 e. The van der Waals surface area contributed by atoms with Crippen LogP contribution in [0.2, 0.25) is 4.34 Å². The van der Waals surface area contributed by atoms with Crippen molar-refractivity contribution in [2.45, 2.75) is 11.1 Å². The number of hydrogen-bond acceptors (Lipinski definition) is 5. The molecule has 2 aromatic rings. The molecule has 0 radical (unpaired) electrons. The molecule has 3 heterocycles. The van der Waals surface area contributed by atoms with Gasteiger partial charge in [0.1, 0.15) is 11.1 Å². The molecule has 0 N–H and O–H groups in total. The molecular formula is C14H14ClNO2S3. The van der Waals surface area contributed by atoms with Gasteiger partial charge in [0, 0.05) is 17.2 Å². The zero-order chi connectivity index (χ0) is 14.7. The van der Waals surface area contributed by atoms with Gasteiger partial charge in [-0.25, -0.2) is 0 Å². The number of rotatable bonds is 6. The Morgan fingerprint density at radius 2 is 2.33 bits per heavy atom. The first kappa shape index (κ1) is 15.3. The lowest BCUT2D eigenvalue weighted by molar-refractivity contribution is -0.127. The van der Waals surface area contributed by atoms with Gasteiger partial charge in [-0.2, -0.15) is 11.8 Å². The molecule has 0 spiro atoms. The van der Waals surface area contributed by atoms with Crippen LogP contribution in [0.15, 0.2) is 34.9 Å².